The molecule has 23 heavy (non-hydrogen) atoms. The summed E-state index contributed by atoms with van der Waals surface area (Å²) < 4.78 is 0. The predicted molar refractivity (Wildman–Crippen MR) is 99.5 cm³/mol. The molecule has 0 saturated heterocycles. The van der Waals surface area contributed by atoms with Crippen molar-refractivity contribution in [3.63, 3.8) is 0 Å². The van der Waals surface area contributed by atoms with Gasteiger partial charge in [0, 0.05) is 5.57 Å². The van der Waals surface area contributed by atoms with E-state index >= 15 is 0 Å². The normalized spacial score (nSPS) is 17.6. The van der Waals surface area contributed by atoms with Crippen LogP contribution in [0.2, 0.25) is 0 Å². The molecule has 1 fully saturated rings. The summed E-state index contributed by atoms with van der Waals surface area (Å²) in [7, 11) is 0. The molecule has 2 rings (SSSR count). The topological polar surface area (TPSA) is 17.1 Å². The third-order valence-electron chi connectivity index (χ3n) is 4.89. The number of carbonyl (C=O) groups is 1. The van der Waals surface area contributed by atoms with Gasteiger partial charge in [-0.3, -0.25) is 4.79 Å². The number of allylic oxidation sites excluding steroid dienone is 3. The average molecular weight is 331 g/mol. The lowest BCUT2D eigenvalue weighted by Gasteiger charge is -2.15. The maximum atomic E-state index is 11.5. The van der Waals surface area contributed by atoms with E-state index in [0.717, 1.165) is 23.8 Å². The second-order valence-electron chi connectivity index (χ2n) is 6.99. The highest BCUT2D eigenvalue weighted by Gasteiger charge is 2.27. The molecule has 1 aromatic rings. The van der Waals surface area contributed by atoms with Crippen LogP contribution in [0.4, 0.5) is 0 Å². The van der Waals surface area contributed by atoms with Crippen molar-refractivity contribution in [2.45, 2.75) is 46.0 Å². The minimum atomic E-state index is -0.444. The van der Waals surface area contributed by atoms with Crippen molar-refractivity contribution in [1.29, 1.82) is 0 Å². The molecule has 0 aromatic heterocycles. The fourth-order valence-corrected chi connectivity index (χ4v) is 3.34. The first kappa shape index (κ1) is 18.0. The largest absolute Gasteiger partial charge is 0.276 e. The minimum Gasteiger partial charge on any atom is -0.276 e. The Morgan fingerprint density at radius 1 is 1.26 bits per heavy atom. The quantitative estimate of drug-likeness (QED) is 0.307. The third kappa shape index (κ3) is 5.66. The molecule has 2 atom stereocenters. The van der Waals surface area contributed by atoms with Crippen molar-refractivity contribution in [1.82, 2.24) is 0 Å². The molecular formula is C21H27ClO. The summed E-state index contributed by atoms with van der Waals surface area (Å²) in [5.41, 5.74) is 2.67. The average Bonchev–Trinajstić information content (AvgIpc) is 3.36. The lowest BCUT2D eigenvalue weighted by molar-refractivity contribution is -0.106. The molecule has 1 aromatic carbocycles. The lowest BCUT2D eigenvalue weighted by Crippen LogP contribution is -2.05. The molecule has 124 valence electrons. The molecule has 1 aliphatic carbocycles. The maximum Gasteiger partial charge on any atom is 0.252 e. The molecule has 0 heterocycles. The van der Waals surface area contributed by atoms with Gasteiger partial charge in [0.15, 0.2) is 0 Å². The van der Waals surface area contributed by atoms with Crippen LogP contribution < -0.4 is 0 Å². The Hall–Kier alpha value is -1.34. The van der Waals surface area contributed by atoms with Gasteiger partial charge < -0.3 is 0 Å². The Morgan fingerprint density at radius 3 is 2.43 bits per heavy atom. The van der Waals surface area contributed by atoms with E-state index in [1.54, 1.807) is 12.2 Å². The van der Waals surface area contributed by atoms with Crippen molar-refractivity contribution in [3.05, 3.63) is 54.1 Å². The van der Waals surface area contributed by atoms with Crippen LogP contribution in [0.1, 0.15) is 50.7 Å². The van der Waals surface area contributed by atoms with Crippen molar-refractivity contribution < 1.29 is 4.79 Å². The summed E-state index contributed by atoms with van der Waals surface area (Å²) in [6, 6.07) is 8.16. The molecule has 1 nitrogen and oxygen atoms in total. The molecule has 2 unspecified atom stereocenters. The van der Waals surface area contributed by atoms with Gasteiger partial charge in [0.25, 0.3) is 5.24 Å². The first-order valence-electron chi connectivity index (χ1n) is 8.63. The molecule has 0 spiro atoms. The van der Waals surface area contributed by atoms with Crippen LogP contribution in [0.5, 0.6) is 0 Å². The highest BCUT2D eigenvalue weighted by molar-refractivity contribution is 6.74. The van der Waals surface area contributed by atoms with Crippen LogP contribution in [0, 0.1) is 17.8 Å². The van der Waals surface area contributed by atoms with Gasteiger partial charge in [-0.25, -0.2) is 0 Å². The van der Waals surface area contributed by atoms with Gasteiger partial charge in [-0.1, -0.05) is 69.7 Å². The van der Waals surface area contributed by atoms with Crippen LogP contribution in [-0.4, -0.2) is 5.24 Å². The van der Waals surface area contributed by atoms with Gasteiger partial charge in [0.2, 0.25) is 0 Å². The Bertz CT molecular complexity index is 566. The standard InChI is InChI=1S/C21H27ClO/c1-4-5-20(21(22)23)19-10-8-17(9-11-19)14-15(2)6-7-16(3)18-12-13-18/h4-5,8-11,15-16,18H,1,6-7,12-14H2,2-3H3/b20-5+. The van der Waals surface area contributed by atoms with Crippen molar-refractivity contribution in [2.75, 3.05) is 0 Å². The summed E-state index contributed by atoms with van der Waals surface area (Å²) in [5, 5.41) is -0.444. The fourth-order valence-electron chi connectivity index (χ4n) is 3.17. The zero-order valence-corrected chi connectivity index (χ0v) is 15.0. The zero-order valence-electron chi connectivity index (χ0n) is 14.2. The Balaban J connectivity index is 1.89. The molecule has 0 N–H and O–H groups in total. The smallest absolute Gasteiger partial charge is 0.252 e. The monoisotopic (exact) mass is 330 g/mol. The van der Waals surface area contributed by atoms with Crippen LogP contribution in [0.3, 0.4) is 0 Å². The van der Waals surface area contributed by atoms with E-state index in [9.17, 15) is 4.79 Å². The number of halogens is 1. The molecule has 0 amide bonds. The van der Waals surface area contributed by atoms with E-state index in [2.05, 4.69) is 32.6 Å². The summed E-state index contributed by atoms with van der Waals surface area (Å²) in [5.74, 6) is 2.59. The summed E-state index contributed by atoms with van der Waals surface area (Å²) >= 11 is 5.63. The highest BCUT2D eigenvalue weighted by Crippen LogP contribution is 2.39. The van der Waals surface area contributed by atoms with Gasteiger partial charge in [-0.05, 0) is 59.7 Å². The Labute approximate surface area is 145 Å². The second-order valence-corrected chi connectivity index (χ2v) is 7.33. The summed E-state index contributed by atoms with van der Waals surface area (Å²) in [6.45, 7) is 8.36. The number of hydrogen-bond donors (Lipinski definition) is 0. The maximum absolute atomic E-state index is 11.5. The van der Waals surface area contributed by atoms with Gasteiger partial charge in [0.05, 0.1) is 0 Å². The van der Waals surface area contributed by atoms with Crippen LogP contribution in [0.15, 0.2) is 43.0 Å². The van der Waals surface area contributed by atoms with Gasteiger partial charge in [-0.15, -0.1) is 0 Å². The molecule has 0 bridgehead atoms. The number of rotatable bonds is 9. The van der Waals surface area contributed by atoms with Crippen molar-refractivity contribution in [3.8, 4) is 0 Å². The lowest BCUT2D eigenvalue weighted by atomic mass is 9.90. The number of hydrogen-bond acceptors (Lipinski definition) is 1. The van der Waals surface area contributed by atoms with E-state index in [1.807, 2.05) is 12.1 Å². The van der Waals surface area contributed by atoms with E-state index in [-0.39, 0.29) is 0 Å². The first-order chi connectivity index (χ1) is 11.0. The molecule has 0 radical (unpaired) electrons. The predicted octanol–water partition coefficient (Wildman–Crippen LogP) is 6.03. The summed E-state index contributed by atoms with van der Waals surface area (Å²) in [6.07, 6.45) is 9.86. The third-order valence-corrected chi connectivity index (χ3v) is 5.09. The molecule has 1 aliphatic rings. The fraction of sp³-hybridized carbons (Fsp3) is 0.476. The zero-order chi connectivity index (χ0) is 16.8. The first-order valence-corrected chi connectivity index (χ1v) is 9.01. The van der Waals surface area contributed by atoms with E-state index in [1.165, 1.54) is 31.2 Å². The van der Waals surface area contributed by atoms with Crippen molar-refractivity contribution in [2.24, 2.45) is 17.8 Å². The van der Waals surface area contributed by atoms with Gasteiger partial charge in [-0.2, -0.15) is 0 Å². The van der Waals surface area contributed by atoms with Crippen LogP contribution in [-0.2, 0) is 11.2 Å². The van der Waals surface area contributed by atoms with Crippen LogP contribution >= 0.6 is 11.6 Å². The van der Waals surface area contributed by atoms with E-state index < -0.39 is 5.24 Å². The molecule has 2 heteroatoms. The molecule has 1 saturated carbocycles. The van der Waals surface area contributed by atoms with Gasteiger partial charge in [0.1, 0.15) is 0 Å². The van der Waals surface area contributed by atoms with Crippen LogP contribution in [0.25, 0.3) is 5.57 Å². The Kier molecular flexibility index (Phi) is 6.65. The molecular weight excluding hydrogens is 304 g/mol. The van der Waals surface area contributed by atoms with E-state index in [0.29, 0.717) is 11.5 Å². The highest BCUT2D eigenvalue weighted by atomic mass is 35.5. The number of benzene rings is 1. The SMILES string of the molecule is C=C/C=C(/C(=O)Cl)c1ccc(CC(C)CCC(C)C2CC2)cc1. The molecule has 0 aliphatic heterocycles. The van der Waals surface area contributed by atoms with Gasteiger partial charge >= 0.3 is 0 Å². The minimum absolute atomic E-state index is 0.444. The Morgan fingerprint density at radius 2 is 1.91 bits per heavy atom. The number of carbonyl (C=O) groups excluding carboxylic acids is 1. The van der Waals surface area contributed by atoms with E-state index in [4.69, 9.17) is 11.6 Å². The second kappa shape index (κ2) is 8.49. The van der Waals surface area contributed by atoms with Crippen molar-refractivity contribution >= 4 is 22.4 Å². The summed E-state index contributed by atoms with van der Waals surface area (Å²) in [4.78, 5) is 11.5.